The Morgan fingerprint density at radius 3 is 2.22 bits per heavy atom. The van der Waals surface area contributed by atoms with Gasteiger partial charge in [-0.05, 0) is 30.7 Å². The van der Waals surface area contributed by atoms with Gasteiger partial charge in [-0.15, -0.1) is 13.2 Å². The number of halogens is 3. The lowest BCUT2D eigenvalue weighted by molar-refractivity contribution is -0.274. The molecule has 2 rings (SSSR count). The molecular formula is C12H14F3NO5S2. The Morgan fingerprint density at radius 1 is 1.22 bits per heavy atom. The third kappa shape index (κ3) is 4.36. The Hall–Kier alpha value is -1.33. The lowest BCUT2D eigenvalue weighted by Crippen LogP contribution is -2.37. The van der Waals surface area contributed by atoms with Crippen molar-refractivity contribution < 1.29 is 34.7 Å². The first-order valence-electron chi connectivity index (χ1n) is 6.45. The molecule has 1 aliphatic heterocycles. The van der Waals surface area contributed by atoms with Crippen LogP contribution >= 0.6 is 0 Å². The maximum atomic E-state index is 12.4. The van der Waals surface area contributed by atoms with E-state index in [1.807, 2.05) is 0 Å². The molecule has 1 saturated heterocycles. The van der Waals surface area contributed by atoms with Crippen molar-refractivity contribution in [3.63, 3.8) is 0 Å². The third-order valence-corrected chi connectivity index (χ3v) is 7.13. The summed E-state index contributed by atoms with van der Waals surface area (Å²) in [7, 11) is -6.01. The first-order chi connectivity index (χ1) is 10.4. The van der Waals surface area contributed by atoms with Gasteiger partial charge in [0.15, 0.2) is 9.84 Å². The number of nitrogens with zero attached hydrogens (tertiary/aromatic N) is 1. The molecule has 0 saturated carbocycles. The predicted molar refractivity (Wildman–Crippen MR) is 75.1 cm³/mol. The van der Waals surface area contributed by atoms with Crippen molar-refractivity contribution in [1.29, 1.82) is 0 Å². The minimum Gasteiger partial charge on any atom is -0.406 e. The topological polar surface area (TPSA) is 80.8 Å². The lowest BCUT2D eigenvalue weighted by atomic mass is 10.3. The van der Waals surface area contributed by atoms with Crippen LogP contribution in [0, 0.1) is 0 Å². The van der Waals surface area contributed by atoms with Crippen LogP contribution in [0.1, 0.15) is 6.42 Å². The molecule has 1 aliphatic rings. The van der Waals surface area contributed by atoms with Gasteiger partial charge in [-0.1, -0.05) is 0 Å². The van der Waals surface area contributed by atoms with Gasteiger partial charge in [0.25, 0.3) is 0 Å². The summed E-state index contributed by atoms with van der Waals surface area (Å²) in [6.45, 7) is 0. The van der Waals surface area contributed by atoms with Gasteiger partial charge >= 0.3 is 6.36 Å². The van der Waals surface area contributed by atoms with Gasteiger partial charge in [0.2, 0.25) is 10.0 Å². The second-order valence-electron chi connectivity index (χ2n) is 5.10. The van der Waals surface area contributed by atoms with Crippen LogP contribution in [-0.2, 0) is 19.9 Å². The Balaban J connectivity index is 2.19. The Morgan fingerprint density at radius 2 is 1.78 bits per heavy atom. The molecule has 1 aromatic carbocycles. The predicted octanol–water partition coefficient (Wildman–Crippen LogP) is 1.39. The number of hydrogen-bond acceptors (Lipinski definition) is 5. The van der Waals surface area contributed by atoms with Crippen LogP contribution in [0.5, 0.6) is 5.75 Å². The first kappa shape index (κ1) is 18.0. The molecule has 0 aliphatic carbocycles. The molecule has 0 bridgehead atoms. The summed E-state index contributed by atoms with van der Waals surface area (Å²) in [5.74, 6) is -0.893. The van der Waals surface area contributed by atoms with Crippen molar-refractivity contribution in [2.75, 3.05) is 18.6 Å². The fourth-order valence-corrected chi connectivity index (χ4v) is 5.49. The molecule has 6 nitrogen and oxygen atoms in total. The highest BCUT2D eigenvalue weighted by Gasteiger charge is 2.36. The number of rotatable bonds is 4. The Bertz CT molecular complexity index is 772. The third-order valence-electron chi connectivity index (χ3n) is 3.46. The van der Waals surface area contributed by atoms with E-state index in [1.165, 1.54) is 7.05 Å². The van der Waals surface area contributed by atoms with Gasteiger partial charge in [-0.3, -0.25) is 0 Å². The summed E-state index contributed by atoms with van der Waals surface area (Å²) >= 11 is 0. The molecule has 1 fully saturated rings. The molecule has 1 heterocycles. The molecule has 23 heavy (non-hydrogen) atoms. The largest absolute Gasteiger partial charge is 0.573 e. The Labute approximate surface area is 131 Å². The molecule has 0 spiro atoms. The van der Waals surface area contributed by atoms with Crippen LogP contribution < -0.4 is 4.74 Å². The van der Waals surface area contributed by atoms with Gasteiger partial charge in [0.05, 0.1) is 16.4 Å². The molecular weight excluding hydrogens is 359 g/mol. The quantitative estimate of drug-likeness (QED) is 0.797. The van der Waals surface area contributed by atoms with E-state index >= 15 is 0 Å². The van der Waals surface area contributed by atoms with Gasteiger partial charge in [0, 0.05) is 13.1 Å². The molecule has 11 heteroatoms. The maximum Gasteiger partial charge on any atom is 0.573 e. The highest BCUT2D eigenvalue weighted by molar-refractivity contribution is 7.92. The zero-order valence-corrected chi connectivity index (χ0v) is 13.6. The SMILES string of the molecule is CN([C@@H]1CCS(=O)(=O)C1)S(=O)(=O)c1ccc(OC(F)(F)F)cc1. The Kier molecular flexibility index (Phi) is 4.66. The van der Waals surface area contributed by atoms with Crippen LogP contribution in [0.15, 0.2) is 29.2 Å². The van der Waals surface area contributed by atoms with E-state index in [0.717, 1.165) is 28.6 Å². The molecule has 0 amide bonds. The number of ether oxygens (including phenoxy) is 1. The van der Waals surface area contributed by atoms with Crippen LogP contribution in [0.3, 0.4) is 0 Å². The smallest absolute Gasteiger partial charge is 0.406 e. The van der Waals surface area contributed by atoms with Crippen molar-refractivity contribution in [2.45, 2.75) is 23.7 Å². The van der Waals surface area contributed by atoms with E-state index in [-0.39, 0.29) is 22.8 Å². The first-order valence-corrected chi connectivity index (χ1v) is 9.71. The average molecular weight is 373 g/mol. The summed E-state index contributed by atoms with van der Waals surface area (Å²) in [5.41, 5.74) is 0. The van der Waals surface area contributed by atoms with Crippen molar-refractivity contribution in [3.05, 3.63) is 24.3 Å². The number of sulfonamides is 1. The van der Waals surface area contributed by atoms with E-state index in [2.05, 4.69) is 4.74 Å². The molecule has 1 aromatic rings. The van der Waals surface area contributed by atoms with Gasteiger partial charge in [-0.25, -0.2) is 16.8 Å². The van der Waals surface area contributed by atoms with Crippen LogP contribution in [0.4, 0.5) is 13.2 Å². The van der Waals surface area contributed by atoms with Crippen LogP contribution in [0.25, 0.3) is 0 Å². The molecule has 0 radical (unpaired) electrons. The molecule has 1 atom stereocenters. The van der Waals surface area contributed by atoms with Crippen molar-refractivity contribution >= 4 is 19.9 Å². The minimum atomic E-state index is -4.87. The zero-order valence-electron chi connectivity index (χ0n) is 11.9. The number of benzene rings is 1. The lowest BCUT2D eigenvalue weighted by Gasteiger charge is -2.22. The summed E-state index contributed by atoms with van der Waals surface area (Å²) in [6, 6.07) is 3.06. The second-order valence-corrected chi connectivity index (χ2v) is 9.32. The number of alkyl halides is 3. The van der Waals surface area contributed by atoms with E-state index < -0.39 is 38.0 Å². The van der Waals surface area contributed by atoms with E-state index in [9.17, 15) is 30.0 Å². The molecule has 130 valence electrons. The highest BCUT2D eigenvalue weighted by Crippen LogP contribution is 2.27. The van der Waals surface area contributed by atoms with E-state index in [1.54, 1.807) is 0 Å². The van der Waals surface area contributed by atoms with E-state index in [0.29, 0.717) is 0 Å². The van der Waals surface area contributed by atoms with Crippen LogP contribution in [-0.4, -0.2) is 52.1 Å². The van der Waals surface area contributed by atoms with Gasteiger partial charge in [0.1, 0.15) is 5.75 Å². The normalized spacial score (nSPS) is 21.5. The molecule has 0 N–H and O–H groups in total. The van der Waals surface area contributed by atoms with Crippen LogP contribution in [0.2, 0.25) is 0 Å². The van der Waals surface area contributed by atoms with Crippen molar-refractivity contribution in [3.8, 4) is 5.75 Å². The maximum absolute atomic E-state index is 12.4. The summed E-state index contributed by atoms with van der Waals surface area (Å²) in [6.07, 6.45) is -4.68. The summed E-state index contributed by atoms with van der Waals surface area (Å²) < 4.78 is 88.5. The van der Waals surface area contributed by atoms with Crippen molar-refractivity contribution in [2.24, 2.45) is 0 Å². The highest BCUT2D eigenvalue weighted by atomic mass is 32.2. The van der Waals surface area contributed by atoms with E-state index in [4.69, 9.17) is 0 Å². The minimum absolute atomic E-state index is 0.0874. The standard InChI is InChI=1S/C12H14F3NO5S2/c1-16(9-6-7-22(17,18)8-9)23(19,20)11-4-2-10(3-5-11)21-12(13,14)15/h2-5,9H,6-8H2,1H3/t9-/m1/s1. The summed E-state index contributed by atoms with van der Waals surface area (Å²) in [5, 5.41) is 0. The zero-order chi connectivity index (χ0) is 17.5. The molecule has 0 aromatic heterocycles. The number of sulfone groups is 1. The average Bonchev–Trinajstić information content (AvgIpc) is 2.77. The van der Waals surface area contributed by atoms with Gasteiger partial charge in [-0.2, -0.15) is 4.31 Å². The summed E-state index contributed by atoms with van der Waals surface area (Å²) in [4.78, 5) is -0.237. The monoisotopic (exact) mass is 373 g/mol. The second kappa shape index (κ2) is 5.95. The fraction of sp³-hybridized carbons (Fsp3) is 0.500. The number of hydrogen-bond donors (Lipinski definition) is 0. The van der Waals surface area contributed by atoms with Crippen molar-refractivity contribution in [1.82, 2.24) is 4.31 Å². The molecule has 0 unspecified atom stereocenters. The van der Waals surface area contributed by atoms with Gasteiger partial charge < -0.3 is 4.74 Å². The fourth-order valence-electron chi connectivity index (χ4n) is 2.24.